The zero-order valence-electron chi connectivity index (χ0n) is 65.2. The van der Waals surface area contributed by atoms with Crippen LogP contribution in [0, 0.1) is 0 Å². The fourth-order valence-corrected chi connectivity index (χ4v) is 14.6. The first kappa shape index (κ1) is 93.6. The molecule has 0 spiro atoms. The van der Waals surface area contributed by atoms with E-state index < -0.39 is 12.1 Å². The molecule has 6 heteroatoms. The normalized spacial score (nSPS) is 12.4. The van der Waals surface area contributed by atoms with Crippen molar-refractivity contribution in [2.45, 2.75) is 533 Å². The van der Waals surface area contributed by atoms with Gasteiger partial charge >= 0.3 is 5.97 Å². The van der Waals surface area contributed by atoms with Crippen LogP contribution in [0.5, 0.6) is 0 Å². The Morgan fingerprint density at radius 3 is 0.716 bits per heavy atom. The highest BCUT2D eigenvalue weighted by atomic mass is 16.5. The van der Waals surface area contributed by atoms with Crippen LogP contribution in [0.15, 0.2) is 12.2 Å². The Morgan fingerprint density at radius 2 is 0.484 bits per heavy atom. The lowest BCUT2D eigenvalue weighted by atomic mass is 10.0. The third-order valence-corrected chi connectivity index (χ3v) is 21.3. The Labute approximate surface area is 597 Å². The molecule has 6 nitrogen and oxygen atoms in total. The monoisotopic (exact) mass is 1340 g/mol. The lowest BCUT2D eigenvalue weighted by Gasteiger charge is -2.20. The van der Waals surface area contributed by atoms with Crippen LogP contribution in [0.4, 0.5) is 0 Å². The van der Waals surface area contributed by atoms with Crippen molar-refractivity contribution in [1.29, 1.82) is 0 Å². The molecule has 0 aromatic rings. The molecule has 0 aromatic heterocycles. The zero-order valence-corrected chi connectivity index (χ0v) is 65.2. The van der Waals surface area contributed by atoms with Gasteiger partial charge in [0.1, 0.15) is 0 Å². The number of amides is 1. The lowest BCUT2D eigenvalue weighted by molar-refractivity contribution is -0.143. The van der Waals surface area contributed by atoms with Crippen LogP contribution in [-0.2, 0) is 14.3 Å². The predicted octanol–water partition coefficient (Wildman–Crippen LogP) is 29.8. The summed E-state index contributed by atoms with van der Waals surface area (Å²) in [6.45, 7) is 4.98. The highest BCUT2D eigenvalue weighted by Gasteiger charge is 2.18. The van der Waals surface area contributed by atoms with Crippen LogP contribution < -0.4 is 5.32 Å². The van der Waals surface area contributed by atoms with Crippen molar-refractivity contribution >= 4 is 11.9 Å². The minimum atomic E-state index is -0.841. The first-order valence-corrected chi connectivity index (χ1v) is 44.5. The maximum atomic E-state index is 12.6. The lowest BCUT2D eigenvalue weighted by Crippen LogP contribution is -2.45. The highest BCUT2D eigenvalue weighted by molar-refractivity contribution is 5.76. The van der Waals surface area contributed by atoms with Gasteiger partial charge in [-0.1, -0.05) is 488 Å². The Kier molecular flexibility index (Phi) is 83.8. The summed E-state index contributed by atoms with van der Waals surface area (Å²) in [6, 6.07) is -0.624. The van der Waals surface area contributed by atoms with Crippen molar-refractivity contribution in [3.63, 3.8) is 0 Å². The number of carbonyl (C=O) groups is 2. The van der Waals surface area contributed by atoms with Gasteiger partial charge in [0.25, 0.3) is 0 Å². The summed E-state index contributed by atoms with van der Waals surface area (Å²) in [5, 5.41) is 23.3. The largest absolute Gasteiger partial charge is 0.466 e. The number of carbonyl (C=O) groups excluding carboxylic acids is 2. The molecule has 0 aliphatic rings. The summed E-state index contributed by atoms with van der Waals surface area (Å²) in [5.74, 6) is -0.0264. The Hall–Kier alpha value is -1.40. The standard InChI is InChI=1S/C89H175NO5/c1-3-5-7-9-11-13-15-17-19-21-23-43-46-49-53-57-61-65-69-73-77-81-87(92)86(85-91)90-88(93)82-78-74-70-66-62-58-54-50-47-44-41-39-37-35-33-31-29-27-25-24-26-28-30-32-34-36-38-40-42-45-48-52-56-60-64-68-72-76-80-84-95-89(94)83-79-75-71-67-63-59-55-51-22-20-18-16-14-12-10-8-6-4-2/h77,81,86-87,91-92H,3-76,78-80,82-85H2,1-2H3,(H,90,93)/b81-77+. The number of hydrogen-bond donors (Lipinski definition) is 3. The van der Waals surface area contributed by atoms with Gasteiger partial charge < -0.3 is 20.3 Å². The number of allylic oxidation sites excluding steroid dienone is 1. The molecular weight excluding hydrogens is 1160 g/mol. The van der Waals surface area contributed by atoms with Gasteiger partial charge in [0.05, 0.1) is 25.4 Å². The smallest absolute Gasteiger partial charge is 0.305 e. The maximum absolute atomic E-state index is 12.6. The first-order valence-electron chi connectivity index (χ1n) is 44.5. The maximum Gasteiger partial charge on any atom is 0.305 e. The Morgan fingerprint density at radius 1 is 0.284 bits per heavy atom. The van der Waals surface area contributed by atoms with E-state index in [2.05, 4.69) is 19.2 Å². The molecule has 0 saturated carbocycles. The number of aliphatic hydroxyl groups excluding tert-OH is 2. The second-order valence-electron chi connectivity index (χ2n) is 30.9. The summed E-state index contributed by atoms with van der Waals surface area (Å²) in [7, 11) is 0. The molecule has 566 valence electrons. The summed E-state index contributed by atoms with van der Waals surface area (Å²) in [6.07, 6.45) is 110. The summed E-state index contributed by atoms with van der Waals surface area (Å²) >= 11 is 0. The number of rotatable bonds is 85. The fraction of sp³-hybridized carbons (Fsp3) is 0.955. The van der Waals surface area contributed by atoms with Crippen molar-refractivity contribution in [3.8, 4) is 0 Å². The van der Waals surface area contributed by atoms with Gasteiger partial charge in [-0.15, -0.1) is 0 Å². The van der Waals surface area contributed by atoms with Gasteiger partial charge in [0, 0.05) is 12.8 Å². The third kappa shape index (κ3) is 81.5. The molecule has 3 N–H and O–H groups in total. The van der Waals surface area contributed by atoms with E-state index in [1.165, 1.54) is 456 Å². The number of hydrogen-bond acceptors (Lipinski definition) is 5. The van der Waals surface area contributed by atoms with E-state index in [1.807, 2.05) is 6.08 Å². The molecule has 2 atom stereocenters. The molecule has 0 radical (unpaired) electrons. The van der Waals surface area contributed by atoms with Crippen LogP contribution in [0.3, 0.4) is 0 Å². The third-order valence-electron chi connectivity index (χ3n) is 21.3. The molecule has 0 bridgehead atoms. The molecule has 0 heterocycles. The number of nitrogens with one attached hydrogen (secondary N) is 1. The van der Waals surface area contributed by atoms with Crippen LogP contribution in [0.2, 0.25) is 0 Å². The molecule has 2 unspecified atom stereocenters. The second-order valence-corrected chi connectivity index (χ2v) is 30.9. The second kappa shape index (κ2) is 85.0. The number of ether oxygens (including phenoxy) is 1. The van der Waals surface area contributed by atoms with E-state index in [-0.39, 0.29) is 18.5 Å². The summed E-state index contributed by atoms with van der Waals surface area (Å²) < 4.78 is 5.53. The average molecular weight is 1340 g/mol. The van der Waals surface area contributed by atoms with E-state index in [4.69, 9.17) is 4.74 Å². The zero-order chi connectivity index (χ0) is 68.4. The predicted molar refractivity (Wildman–Crippen MR) is 421 cm³/mol. The molecule has 0 aliphatic carbocycles. The molecule has 0 fully saturated rings. The van der Waals surface area contributed by atoms with E-state index in [1.54, 1.807) is 6.08 Å². The van der Waals surface area contributed by atoms with Crippen molar-refractivity contribution in [2.75, 3.05) is 13.2 Å². The Bertz CT molecular complexity index is 1450. The van der Waals surface area contributed by atoms with Crippen molar-refractivity contribution in [2.24, 2.45) is 0 Å². The van der Waals surface area contributed by atoms with Gasteiger partial charge in [-0.2, -0.15) is 0 Å². The summed E-state index contributed by atoms with van der Waals surface area (Å²) in [4.78, 5) is 24.7. The van der Waals surface area contributed by atoms with Gasteiger partial charge in [-0.05, 0) is 32.1 Å². The average Bonchev–Trinajstić information content (AvgIpc) is 3.62. The highest BCUT2D eigenvalue weighted by Crippen LogP contribution is 2.21. The summed E-state index contributed by atoms with van der Waals surface area (Å²) in [5.41, 5.74) is 0. The van der Waals surface area contributed by atoms with Crippen LogP contribution in [0.25, 0.3) is 0 Å². The van der Waals surface area contributed by atoms with E-state index >= 15 is 0 Å². The molecule has 0 rings (SSSR count). The van der Waals surface area contributed by atoms with Gasteiger partial charge in [-0.25, -0.2) is 0 Å². The quantitative estimate of drug-likeness (QED) is 0.0320. The first-order chi connectivity index (χ1) is 47.0. The number of esters is 1. The molecule has 0 aliphatic heterocycles. The van der Waals surface area contributed by atoms with Gasteiger partial charge in [0.15, 0.2) is 0 Å². The molecule has 0 saturated heterocycles. The molecule has 1 amide bonds. The SMILES string of the molecule is CCCCCCCCCCCCCCCCCCCCC/C=C/C(O)C(CO)NC(=O)CCCCCCCCCCCCCCCCCCCCCCCCCCCCCCCCCCCCCCCCCOC(=O)CCCCCCCCCCCCCCCCCCCC. The topological polar surface area (TPSA) is 95.9 Å². The van der Waals surface area contributed by atoms with Crippen molar-refractivity contribution < 1.29 is 24.5 Å². The van der Waals surface area contributed by atoms with Crippen LogP contribution >= 0.6 is 0 Å². The molecule has 95 heavy (non-hydrogen) atoms. The van der Waals surface area contributed by atoms with E-state index in [9.17, 15) is 19.8 Å². The van der Waals surface area contributed by atoms with Gasteiger partial charge in [-0.3, -0.25) is 9.59 Å². The van der Waals surface area contributed by atoms with Crippen LogP contribution in [0.1, 0.15) is 521 Å². The van der Waals surface area contributed by atoms with E-state index in [0.717, 1.165) is 38.5 Å². The number of unbranched alkanes of at least 4 members (excludes halogenated alkanes) is 74. The van der Waals surface area contributed by atoms with Crippen LogP contribution in [-0.4, -0.2) is 47.4 Å². The Balaban J connectivity index is 3.30. The van der Waals surface area contributed by atoms with Gasteiger partial charge in [0.2, 0.25) is 5.91 Å². The fourth-order valence-electron chi connectivity index (χ4n) is 14.6. The van der Waals surface area contributed by atoms with E-state index in [0.29, 0.717) is 19.4 Å². The minimum Gasteiger partial charge on any atom is -0.466 e. The van der Waals surface area contributed by atoms with Crippen molar-refractivity contribution in [3.05, 3.63) is 12.2 Å². The molecule has 0 aromatic carbocycles. The molecular formula is C89H175NO5. The van der Waals surface area contributed by atoms with Crippen molar-refractivity contribution in [1.82, 2.24) is 5.32 Å². The number of aliphatic hydroxyl groups is 2. The minimum absolute atomic E-state index is 0.0298.